The first kappa shape index (κ1) is 28.3. The zero-order valence-corrected chi connectivity index (χ0v) is 24.7. The van der Waals surface area contributed by atoms with Crippen molar-refractivity contribution in [2.75, 3.05) is 0 Å². The standard InChI is InChI=1S/C34H20Cl2N4O5/c35-24-12-13-30-22(14-24)16-31(45-30)33-38-28-11-4-3-10-27(28)34(41)39(33)37-18-23-15-25(36)17-29(40(42)43)32(23)44-19-21-8-5-7-20-6-1-2-9-26(20)21/h1-18H,19H2. The van der Waals surface area contributed by atoms with Crippen LogP contribution in [0.5, 0.6) is 5.75 Å². The summed E-state index contributed by atoms with van der Waals surface area (Å²) in [6, 6.07) is 30.0. The van der Waals surface area contributed by atoms with Gasteiger partial charge in [-0.3, -0.25) is 14.9 Å². The molecule has 0 aliphatic carbocycles. The molecule has 2 aromatic heterocycles. The third-order valence-corrected chi connectivity index (χ3v) is 7.73. The van der Waals surface area contributed by atoms with Crippen molar-refractivity contribution < 1.29 is 14.1 Å². The first-order chi connectivity index (χ1) is 21.9. The van der Waals surface area contributed by atoms with Crippen LogP contribution in [0.25, 0.3) is 44.2 Å². The number of hydrogen-bond acceptors (Lipinski definition) is 7. The predicted molar refractivity (Wildman–Crippen MR) is 176 cm³/mol. The predicted octanol–water partition coefficient (Wildman–Crippen LogP) is 8.64. The third kappa shape index (κ3) is 5.39. The van der Waals surface area contributed by atoms with Gasteiger partial charge in [-0.1, -0.05) is 77.8 Å². The number of nitro benzene ring substituents is 1. The Morgan fingerprint density at radius 3 is 2.51 bits per heavy atom. The molecule has 0 saturated carbocycles. The van der Waals surface area contributed by atoms with E-state index in [1.165, 1.54) is 18.3 Å². The van der Waals surface area contributed by atoms with Crippen LogP contribution in [0.15, 0.2) is 117 Å². The molecule has 0 aliphatic rings. The summed E-state index contributed by atoms with van der Waals surface area (Å²) in [5.74, 6) is 0.344. The molecule has 0 fully saturated rings. The van der Waals surface area contributed by atoms with Crippen LogP contribution in [0.3, 0.4) is 0 Å². The number of rotatable bonds is 7. The van der Waals surface area contributed by atoms with Crippen molar-refractivity contribution in [3.8, 4) is 17.3 Å². The van der Waals surface area contributed by atoms with E-state index in [4.69, 9.17) is 32.4 Å². The molecule has 7 aromatic rings. The third-order valence-electron chi connectivity index (χ3n) is 7.28. The molecule has 0 N–H and O–H groups in total. The first-order valence-electron chi connectivity index (χ1n) is 13.7. The van der Waals surface area contributed by atoms with E-state index in [-0.39, 0.29) is 40.2 Å². The summed E-state index contributed by atoms with van der Waals surface area (Å²) in [6.07, 6.45) is 1.29. The highest BCUT2D eigenvalue weighted by atomic mass is 35.5. The van der Waals surface area contributed by atoms with E-state index < -0.39 is 10.5 Å². The average Bonchev–Trinajstić information content (AvgIpc) is 3.46. The van der Waals surface area contributed by atoms with Crippen LogP contribution in [0, 0.1) is 10.1 Å². The monoisotopic (exact) mass is 634 g/mol. The normalized spacial score (nSPS) is 11.6. The number of benzene rings is 5. The maximum absolute atomic E-state index is 13.8. The Balaban J connectivity index is 1.36. The van der Waals surface area contributed by atoms with Crippen LogP contribution in [-0.2, 0) is 6.61 Å². The van der Waals surface area contributed by atoms with Crippen molar-refractivity contribution in [2.45, 2.75) is 6.61 Å². The smallest absolute Gasteiger partial charge is 0.313 e. The minimum absolute atomic E-state index is 0.0366. The molecular formula is C34H20Cl2N4O5. The van der Waals surface area contributed by atoms with E-state index in [1.54, 1.807) is 48.5 Å². The molecular weight excluding hydrogens is 615 g/mol. The van der Waals surface area contributed by atoms with E-state index in [1.807, 2.05) is 42.5 Å². The van der Waals surface area contributed by atoms with Crippen LogP contribution in [0.2, 0.25) is 10.0 Å². The van der Waals surface area contributed by atoms with Gasteiger partial charge in [0.25, 0.3) is 5.56 Å². The summed E-state index contributed by atoms with van der Waals surface area (Å²) in [6.45, 7) is 0.0366. The highest BCUT2D eigenvalue weighted by Crippen LogP contribution is 2.35. The molecule has 5 aromatic carbocycles. The number of fused-ring (bicyclic) bond motifs is 3. The van der Waals surface area contributed by atoms with Gasteiger partial charge in [0, 0.05) is 27.1 Å². The topological polar surface area (TPSA) is 113 Å². The Morgan fingerprint density at radius 2 is 1.67 bits per heavy atom. The van der Waals surface area contributed by atoms with Crippen LogP contribution in [0.4, 0.5) is 5.69 Å². The summed E-state index contributed by atoms with van der Waals surface area (Å²) in [5.41, 5.74) is 1.20. The fourth-order valence-electron chi connectivity index (χ4n) is 5.19. The molecule has 0 saturated heterocycles. The summed E-state index contributed by atoms with van der Waals surface area (Å²) < 4.78 is 13.2. The van der Waals surface area contributed by atoms with E-state index >= 15 is 0 Å². The Hall–Kier alpha value is -5.51. The van der Waals surface area contributed by atoms with Crippen molar-refractivity contribution in [1.82, 2.24) is 9.66 Å². The summed E-state index contributed by atoms with van der Waals surface area (Å²) in [5, 5.41) is 20.2. The molecule has 220 valence electrons. The van der Waals surface area contributed by atoms with Crippen molar-refractivity contribution in [1.29, 1.82) is 0 Å². The fraction of sp³-hybridized carbons (Fsp3) is 0.0294. The van der Waals surface area contributed by atoms with Crippen molar-refractivity contribution in [3.05, 3.63) is 145 Å². The van der Waals surface area contributed by atoms with Gasteiger partial charge in [0.15, 0.2) is 5.76 Å². The van der Waals surface area contributed by atoms with Crippen molar-refractivity contribution in [2.24, 2.45) is 5.10 Å². The highest BCUT2D eigenvalue weighted by Gasteiger charge is 2.22. The Kier molecular flexibility index (Phi) is 7.25. The number of hydrogen-bond donors (Lipinski definition) is 0. The molecule has 0 spiro atoms. The quantitative estimate of drug-likeness (QED) is 0.0985. The van der Waals surface area contributed by atoms with Gasteiger partial charge in [0.2, 0.25) is 11.6 Å². The van der Waals surface area contributed by atoms with Gasteiger partial charge in [0.1, 0.15) is 12.2 Å². The zero-order chi connectivity index (χ0) is 31.1. The lowest BCUT2D eigenvalue weighted by Crippen LogP contribution is -2.20. The molecule has 0 bridgehead atoms. The van der Waals surface area contributed by atoms with Crippen LogP contribution in [0.1, 0.15) is 11.1 Å². The highest BCUT2D eigenvalue weighted by molar-refractivity contribution is 6.31. The van der Waals surface area contributed by atoms with Crippen molar-refractivity contribution >= 4 is 67.7 Å². The Bertz CT molecular complexity index is 2380. The van der Waals surface area contributed by atoms with Gasteiger partial charge in [-0.2, -0.15) is 9.78 Å². The minimum Gasteiger partial charge on any atom is -0.481 e. The fourth-order valence-corrected chi connectivity index (χ4v) is 5.59. The minimum atomic E-state index is -0.573. The summed E-state index contributed by atoms with van der Waals surface area (Å²) in [7, 11) is 0. The Labute approximate surface area is 264 Å². The maximum Gasteiger partial charge on any atom is 0.313 e. The number of nitrogens with zero attached hydrogens (tertiary/aromatic N) is 4. The number of ether oxygens (including phenoxy) is 1. The van der Waals surface area contributed by atoms with E-state index in [2.05, 4.69) is 10.1 Å². The van der Waals surface area contributed by atoms with Gasteiger partial charge in [0.05, 0.1) is 22.0 Å². The molecule has 0 atom stereocenters. The molecule has 0 radical (unpaired) electrons. The largest absolute Gasteiger partial charge is 0.481 e. The first-order valence-corrected chi connectivity index (χ1v) is 14.4. The van der Waals surface area contributed by atoms with Crippen molar-refractivity contribution in [3.63, 3.8) is 0 Å². The molecule has 7 rings (SSSR count). The number of nitro groups is 1. The second-order valence-corrected chi connectivity index (χ2v) is 11.0. The molecule has 11 heteroatoms. The maximum atomic E-state index is 13.8. The van der Waals surface area contributed by atoms with Gasteiger partial charge < -0.3 is 9.15 Å². The van der Waals surface area contributed by atoms with Crippen LogP contribution >= 0.6 is 23.2 Å². The Morgan fingerprint density at radius 1 is 0.889 bits per heavy atom. The van der Waals surface area contributed by atoms with Gasteiger partial charge in [-0.05, 0) is 58.8 Å². The molecule has 45 heavy (non-hydrogen) atoms. The van der Waals surface area contributed by atoms with Gasteiger partial charge in [-0.15, -0.1) is 0 Å². The van der Waals surface area contributed by atoms with E-state index in [9.17, 15) is 14.9 Å². The summed E-state index contributed by atoms with van der Waals surface area (Å²) in [4.78, 5) is 30.0. The SMILES string of the molecule is O=c1c2ccccc2nc(-c2cc3cc(Cl)ccc3o2)n1N=Cc1cc(Cl)cc([N+](=O)[O-])c1OCc1cccc2ccccc12. The second-order valence-electron chi connectivity index (χ2n) is 10.1. The van der Waals surface area contributed by atoms with Gasteiger partial charge >= 0.3 is 5.69 Å². The molecule has 0 aliphatic heterocycles. The number of para-hydroxylation sites is 1. The lowest BCUT2D eigenvalue weighted by atomic mass is 10.1. The molecule has 2 heterocycles. The average molecular weight is 635 g/mol. The van der Waals surface area contributed by atoms with Gasteiger partial charge in [-0.25, -0.2) is 4.98 Å². The van der Waals surface area contributed by atoms with E-state index in [0.29, 0.717) is 26.9 Å². The van der Waals surface area contributed by atoms with E-state index in [0.717, 1.165) is 21.0 Å². The summed E-state index contributed by atoms with van der Waals surface area (Å²) >= 11 is 12.5. The molecule has 0 amide bonds. The lowest BCUT2D eigenvalue weighted by Gasteiger charge is -2.12. The molecule has 9 nitrogen and oxygen atoms in total. The molecule has 0 unspecified atom stereocenters. The zero-order valence-electron chi connectivity index (χ0n) is 23.2. The second kappa shape index (κ2) is 11.5. The number of aromatic nitrogens is 2. The lowest BCUT2D eigenvalue weighted by molar-refractivity contribution is -0.385. The van der Waals surface area contributed by atoms with Crippen LogP contribution < -0.4 is 10.3 Å². The number of furan rings is 1. The van der Waals surface area contributed by atoms with Crippen LogP contribution in [-0.4, -0.2) is 20.8 Å². The number of halogens is 2.